The molecule has 1 saturated heterocycles. The zero-order chi connectivity index (χ0) is 16.8. The van der Waals surface area contributed by atoms with Crippen LogP contribution < -0.4 is 53.2 Å². The van der Waals surface area contributed by atoms with E-state index in [1.54, 1.807) is 0 Å². The molecule has 0 radical (unpaired) electrons. The largest absolute Gasteiger partial charge is 1.00 e. The predicted molar refractivity (Wildman–Crippen MR) is 69.2 cm³/mol. The van der Waals surface area contributed by atoms with Crippen molar-refractivity contribution in [1.82, 2.24) is 19.5 Å². The van der Waals surface area contributed by atoms with Crippen molar-refractivity contribution in [3.63, 3.8) is 0 Å². The minimum Gasteiger partial charge on any atom is -0.790 e. The van der Waals surface area contributed by atoms with E-state index in [2.05, 4.69) is 19.5 Å². The van der Waals surface area contributed by atoms with Gasteiger partial charge in [-0.15, -0.1) is 0 Å². The van der Waals surface area contributed by atoms with Crippen LogP contribution in [0.3, 0.4) is 0 Å². The quantitative estimate of drug-likeness (QED) is 0.347. The van der Waals surface area contributed by atoms with Crippen LogP contribution in [0.1, 0.15) is 6.23 Å². The third-order valence-corrected chi connectivity index (χ3v) is 3.86. The zero-order valence-electron chi connectivity index (χ0n) is 13.4. The molecular weight excluding hydrogens is 347 g/mol. The second kappa shape index (κ2) is 8.48. The number of anilines is 1. The normalized spacial score (nSPS) is 26.2. The van der Waals surface area contributed by atoms with Crippen LogP contribution in [0.5, 0.6) is 0 Å². The molecule has 0 spiro atoms. The number of phosphoric acid groups is 1. The van der Waals surface area contributed by atoms with Gasteiger partial charge >= 0.3 is 37.7 Å². The topological polar surface area (TPSA) is 192 Å². The minimum atomic E-state index is -5.22. The van der Waals surface area contributed by atoms with Crippen molar-refractivity contribution in [1.29, 1.82) is 0 Å². The summed E-state index contributed by atoms with van der Waals surface area (Å²) >= 11 is 0. The molecule has 0 unspecified atom stereocenters. The van der Waals surface area contributed by atoms with Gasteiger partial charge < -0.3 is 39.6 Å². The fourth-order valence-electron chi connectivity index (χ4n) is 2.32. The third-order valence-electron chi connectivity index (χ3n) is 3.40. The molecule has 3 heterocycles. The minimum absolute atomic E-state index is 0. The molecule has 0 aliphatic carbocycles. The molecule has 15 heteroatoms. The first kappa shape index (κ1) is 22.6. The number of ether oxygens (including phenoxy) is 1. The molecule has 4 atom stereocenters. The van der Waals surface area contributed by atoms with Crippen molar-refractivity contribution >= 4 is 24.8 Å². The van der Waals surface area contributed by atoms with Crippen molar-refractivity contribution in [2.45, 2.75) is 24.5 Å². The molecule has 2 aromatic rings. The molecule has 1 aliphatic rings. The van der Waals surface area contributed by atoms with Gasteiger partial charge in [-0.05, 0) is 0 Å². The average molecular weight is 359 g/mol. The molecule has 1 aliphatic heterocycles. The molecule has 25 heavy (non-hydrogen) atoms. The number of hydrogen-bond acceptors (Lipinski definition) is 11. The third kappa shape index (κ3) is 4.63. The van der Waals surface area contributed by atoms with E-state index in [4.69, 9.17) is 10.5 Å². The maximum atomic E-state index is 10.5. The molecular formula is C10H12Li2N5O7P. The number of aromatic nitrogens is 4. The van der Waals surface area contributed by atoms with Crippen LogP contribution in [-0.2, 0) is 13.8 Å². The zero-order valence-corrected chi connectivity index (χ0v) is 14.3. The number of rotatable bonds is 4. The van der Waals surface area contributed by atoms with E-state index in [-0.39, 0.29) is 54.7 Å². The number of nitrogens with zero attached hydrogens (tertiary/aromatic N) is 4. The molecule has 0 aromatic carbocycles. The Morgan fingerprint density at radius 1 is 1.28 bits per heavy atom. The molecule has 126 valence electrons. The Balaban J connectivity index is 0.00000156. The fourth-order valence-corrected chi connectivity index (χ4v) is 2.65. The first-order valence-electron chi connectivity index (χ1n) is 6.39. The average Bonchev–Trinajstić information content (AvgIpc) is 3.01. The van der Waals surface area contributed by atoms with Gasteiger partial charge in [0, 0.05) is 0 Å². The monoisotopic (exact) mass is 359 g/mol. The van der Waals surface area contributed by atoms with Crippen molar-refractivity contribution in [3.8, 4) is 0 Å². The smallest absolute Gasteiger partial charge is 0.790 e. The summed E-state index contributed by atoms with van der Waals surface area (Å²) in [7, 11) is -5.22. The van der Waals surface area contributed by atoms with Gasteiger partial charge in [-0.3, -0.25) is 4.57 Å². The van der Waals surface area contributed by atoms with Gasteiger partial charge in [0.05, 0.1) is 20.8 Å². The number of phosphoric ester groups is 1. The van der Waals surface area contributed by atoms with Gasteiger partial charge in [-0.25, -0.2) is 15.0 Å². The molecule has 1 fully saturated rings. The number of nitrogen functional groups attached to an aromatic ring is 1. The van der Waals surface area contributed by atoms with Gasteiger partial charge in [0.15, 0.2) is 17.7 Å². The van der Waals surface area contributed by atoms with E-state index in [9.17, 15) is 24.6 Å². The van der Waals surface area contributed by atoms with Crippen molar-refractivity contribution in [2.75, 3.05) is 12.3 Å². The molecule has 2 aromatic heterocycles. The van der Waals surface area contributed by atoms with Gasteiger partial charge in [0.25, 0.3) is 0 Å². The number of aliphatic hydroxyl groups is 2. The van der Waals surface area contributed by atoms with Crippen LogP contribution in [0, 0.1) is 0 Å². The van der Waals surface area contributed by atoms with Crippen LogP contribution >= 0.6 is 7.82 Å². The van der Waals surface area contributed by atoms with Crippen molar-refractivity contribution in [3.05, 3.63) is 12.7 Å². The Morgan fingerprint density at radius 2 is 1.96 bits per heavy atom. The summed E-state index contributed by atoms with van der Waals surface area (Å²) in [6.45, 7) is -0.719. The van der Waals surface area contributed by atoms with E-state index in [0.29, 0.717) is 0 Å². The Bertz CT molecular complexity index is 773. The first-order chi connectivity index (χ1) is 10.8. The first-order valence-corrected chi connectivity index (χ1v) is 7.85. The maximum Gasteiger partial charge on any atom is 1.00 e. The molecule has 0 bridgehead atoms. The number of imidazole rings is 1. The second-order valence-corrected chi connectivity index (χ2v) is 6.02. The summed E-state index contributed by atoms with van der Waals surface area (Å²) in [5.41, 5.74) is 6.19. The molecule has 0 amide bonds. The summed E-state index contributed by atoms with van der Waals surface area (Å²) in [5.74, 6) is 0.125. The van der Waals surface area contributed by atoms with E-state index in [1.165, 1.54) is 17.2 Å². The van der Waals surface area contributed by atoms with Crippen LogP contribution in [0.15, 0.2) is 12.7 Å². The summed E-state index contributed by atoms with van der Waals surface area (Å²) in [4.78, 5) is 32.8. The summed E-state index contributed by atoms with van der Waals surface area (Å²) in [5, 5.41) is 20.0. The summed E-state index contributed by atoms with van der Waals surface area (Å²) in [6.07, 6.45) is -2.75. The van der Waals surface area contributed by atoms with Crippen LogP contribution in [0.4, 0.5) is 5.82 Å². The Labute approximate surface area is 165 Å². The van der Waals surface area contributed by atoms with E-state index in [0.717, 1.165) is 0 Å². The Morgan fingerprint density at radius 3 is 2.60 bits per heavy atom. The van der Waals surface area contributed by atoms with Gasteiger partial charge in [-0.2, -0.15) is 0 Å². The SMILES string of the molecule is Nc1ncnc2c1ncn2[C@@H]1O[C@H](COP(=O)([O-])[O-])[C@@H](O)[C@H]1O.[Li+].[Li+]. The number of nitrogens with two attached hydrogens (primary N) is 1. The molecule has 12 nitrogen and oxygen atoms in total. The van der Waals surface area contributed by atoms with Crippen molar-refractivity contribution < 1.29 is 71.5 Å². The van der Waals surface area contributed by atoms with Crippen LogP contribution in [0.2, 0.25) is 0 Å². The maximum absolute atomic E-state index is 10.5. The van der Waals surface area contributed by atoms with Gasteiger partial charge in [-0.1, -0.05) is 0 Å². The van der Waals surface area contributed by atoms with Gasteiger partial charge in [0.2, 0.25) is 0 Å². The Hall–Kier alpha value is -0.465. The number of fused-ring (bicyclic) bond motifs is 1. The van der Waals surface area contributed by atoms with Crippen molar-refractivity contribution in [2.24, 2.45) is 0 Å². The molecule has 3 rings (SSSR count). The molecule has 4 N–H and O–H groups in total. The van der Waals surface area contributed by atoms with Crippen LogP contribution in [0.25, 0.3) is 11.2 Å². The fraction of sp³-hybridized carbons (Fsp3) is 0.500. The summed E-state index contributed by atoms with van der Waals surface area (Å²) < 4.78 is 21.3. The van der Waals surface area contributed by atoms with Crippen LogP contribution in [-0.4, -0.2) is 54.7 Å². The van der Waals surface area contributed by atoms with E-state index >= 15 is 0 Å². The number of aliphatic hydroxyl groups excluding tert-OH is 2. The number of hydrogen-bond donors (Lipinski definition) is 3. The second-order valence-electron chi connectivity index (χ2n) is 4.87. The predicted octanol–water partition coefficient (Wildman–Crippen LogP) is -9.12. The van der Waals surface area contributed by atoms with Gasteiger partial charge in [0.1, 0.15) is 30.2 Å². The Kier molecular flexibility index (Phi) is 7.66. The summed E-state index contributed by atoms with van der Waals surface area (Å²) in [6, 6.07) is 0. The standard InChI is InChI=1S/C10H14N5O7P.2Li/c11-8-5-9(13-2-12-8)15(3-14-5)10-7(17)6(16)4(22-10)1-21-23(18,19)20;;/h2-4,6-7,10,16-17H,1H2,(H2,11,12,13)(H2,18,19,20);;/q;2*+1/p-2/t4-,6-,7-,10-;;/m1../s1. The van der Waals surface area contributed by atoms with E-state index in [1.807, 2.05) is 0 Å². The van der Waals surface area contributed by atoms with E-state index < -0.39 is 39.0 Å². The molecule has 0 saturated carbocycles.